The Morgan fingerprint density at radius 1 is 1.67 bits per heavy atom. The largest absolute Gasteiger partial charge is 0.351 e. The van der Waals surface area contributed by atoms with Gasteiger partial charge < -0.3 is 11.1 Å². The standard InChI is InChI=1S/C10H15BrN2OS/c1-10(2,12)4-9(14)13-5-8-3-7(11)6-15-8/h3,6H,4-5,12H2,1-2H3,(H,13,14). The molecular formula is C10H15BrN2OS. The van der Waals surface area contributed by atoms with Gasteiger partial charge in [0.25, 0.3) is 0 Å². The second kappa shape index (κ2) is 5.09. The number of thiophene rings is 1. The van der Waals surface area contributed by atoms with Gasteiger partial charge in [0.1, 0.15) is 0 Å². The summed E-state index contributed by atoms with van der Waals surface area (Å²) in [4.78, 5) is 12.6. The third-order valence-electron chi connectivity index (χ3n) is 1.70. The molecule has 0 atom stereocenters. The fourth-order valence-electron chi connectivity index (χ4n) is 1.11. The molecule has 1 aromatic rings. The number of halogens is 1. The summed E-state index contributed by atoms with van der Waals surface area (Å²) in [5.41, 5.74) is 5.30. The number of nitrogens with two attached hydrogens (primary N) is 1. The van der Waals surface area contributed by atoms with Crippen LogP contribution in [0.3, 0.4) is 0 Å². The van der Waals surface area contributed by atoms with E-state index in [1.807, 2.05) is 25.3 Å². The van der Waals surface area contributed by atoms with Crippen LogP contribution in [0, 0.1) is 0 Å². The van der Waals surface area contributed by atoms with Gasteiger partial charge in [-0.1, -0.05) is 0 Å². The fourth-order valence-corrected chi connectivity index (χ4v) is 2.50. The lowest BCUT2D eigenvalue weighted by atomic mass is 10.0. The van der Waals surface area contributed by atoms with Crippen molar-refractivity contribution in [2.75, 3.05) is 0 Å². The van der Waals surface area contributed by atoms with Gasteiger partial charge >= 0.3 is 0 Å². The third-order valence-corrected chi connectivity index (χ3v) is 3.40. The minimum absolute atomic E-state index is 0.00739. The molecule has 1 heterocycles. The van der Waals surface area contributed by atoms with Crippen LogP contribution in [-0.2, 0) is 11.3 Å². The molecule has 0 aromatic carbocycles. The maximum absolute atomic E-state index is 11.4. The highest BCUT2D eigenvalue weighted by atomic mass is 79.9. The highest BCUT2D eigenvalue weighted by molar-refractivity contribution is 9.10. The Morgan fingerprint density at radius 2 is 2.33 bits per heavy atom. The van der Waals surface area contributed by atoms with Gasteiger partial charge in [-0.15, -0.1) is 11.3 Å². The normalized spacial score (nSPS) is 11.5. The summed E-state index contributed by atoms with van der Waals surface area (Å²) in [6, 6.07) is 2.00. The van der Waals surface area contributed by atoms with Gasteiger partial charge in [-0.25, -0.2) is 0 Å². The molecule has 0 unspecified atom stereocenters. The van der Waals surface area contributed by atoms with E-state index in [-0.39, 0.29) is 5.91 Å². The lowest BCUT2D eigenvalue weighted by Gasteiger charge is -2.17. The fraction of sp³-hybridized carbons (Fsp3) is 0.500. The van der Waals surface area contributed by atoms with Crippen LogP contribution in [0.2, 0.25) is 0 Å². The Balaban J connectivity index is 2.35. The monoisotopic (exact) mass is 290 g/mol. The molecule has 0 spiro atoms. The molecule has 15 heavy (non-hydrogen) atoms. The molecule has 0 saturated heterocycles. The third kappa shape index (κ3) is 5.30. The van der Waals surface area contributed by atoms with Crippen molar-refractivity contribution in [2.45, 2.75) is 32.4 Å². The number of carbonyl (C=O) groups is 1. The van der Waals surface area contributed by atoms with E-state index < -0.39 is 5.54 Å². The van der Waals surface area contributed by atoms with Gasteiger partial charge in [-0.05, 0) is 35.8 Å². The van der Waals surface area contributed by atoms with Crippen molar-refractivity contribution in [3.05, 3.63) is 20.8 Å². The van der Waals surface area contributed by atoms with Crippen molar-refractivity contribution in [2.24, 2.45) is 5.73 Å². The first kappa shape index (κ1) is 12.7. The minimum Gasteiger partial charge on any atom is -0.351 e. The van der Waals surface area contributed by atoms with Crippen molar-refractivity contribution in [3.8, 4) is 0 Å². The smallest absolute Gasteiger partial charge is 0.222 e. The van der Waals surface area contributed by atoms with Crippen LogP contribution in [0.1, 0.15) is 25.1 Å². The molecule has 1 amide bonds. The number of hydrogen-bond acceptors (Lipinski definition) is 3. The molecule has 0 saturated carbocycles. The van der Waals surface area contributed by atoms with E-state index in [4.69, 9.17) is 5.73 Å². The summed E-state index contributed by atoms with van der Waals surface area (Å²) in [5.74, 6) is -0.00739. The molecule has 0 bridgehead atoms. The van der Waals surface area contributed by atoms with Gasteiger partial charge in [0.05, 0.1) is 6.54 Å². The molecule has 0 fully saturated rings. The molecule has 0 aliphatic heterocycles. The summed E-state index contributed by atoms with van der Waals surface area (Å²) in [7, 11) is 0. The maximum Gasteiger partial charge on any atom is 0.222 e. The zero-order valence-electron chi connectivity index (χ0n) is 8.84. The summed E-state index contributed by atoms with van der Waals surface area (Å²) >= 11 is 4.98. The van der Waals surface area contributed by atoms with Crippen LogP contribution in [0.4, 0.5) is 0 Å². The van der Waals surface area contributed by atoms with Crippen molar-refractivity contribution >= 4 is 33.2 Å². The topological polar surface area (TPSA) is 55.1 Å². The zero-order valence-corrected chi connectivity index (χ0v) is 11.2. The molecule has 84 valence electrons. The molecule has 0 radical (unpaired) electrons. The molecule has 5 heteroatoms. The SMILES string of the molecule is CC(C)(N)CC(=O)NCc1cc(Br)cs1. The molecular weight excluding hydrogens is 276 g/mol. The van der Waals surface area contributed by atoms with Gasteiger partial charge in [0.2, 0.25) is 5.91 Å². The minimum atomic E-state index is -0.444. The Morgan fingerprint density at radius 3 is 2.80 bits per heavy atom. The lowest BCUT2D eigenvalue weighted by Crippen LogP contribution is -2.38. The van der Waals surface area contributed by atoms with Crippen LogP contribution < -0.4 is 11.1 Å². The quantitative estimate of drug-likeness (QED) is 0.894. The molecule has 1 aromatic heterocycles. The molecule has 3 nitrogen and oxygen atoms in total. The molecule has 3 N–H and O–H groups in total. The Hall–Kier alpha value is -0.390. The van der Waals surface area contributed by atoms with Gasteiger partial charge in [0.15, 0.2) is 0 Å². The van der Waals surface area contributed by atoms with E-state index in [1.54, 1.807) is 11.3 Å². The second-order valence-electron chi connectivity index (χ2n) is 4.17. The Bertz CT molecular complexity index is 343. The van der Waals surface area contributed by atoms with E-state index in [1.165, 1.54) is 0 Å². The van der Waals surface area contributed by atoms with E-state index >= 15 is 0 Å². The van der Waals surface area contributed by atoms with Gasteiger partial charge in [0, 0.05) is 26.7 Å². The summed E-state index contributed by atoms with van der Waals surface area (Å²) in [6.07, 6.45) is 0.347. The van der Waals surface area contributed by atoms with Crippen molar-refractivity contribution in [3.63, 3.8) is 0 Å². The summed E-state index contributed by atoms with van der Waals surface area (Å²) < 4.78 is 1.05. The first-order valence-corrected chi connectivity index (χ1v) is 6.32. The second-order valence-corrected chi connectivity index (χ2v) is 6.08. The van der Waals surface area contributed by atoms with Crippen LogP contribution in [0.15, 0.2) is 15.9 Å². The van der Waals surface area contributed by atoms with Crippen LogP contribution in [-0.4, -0.2) is 11.4 Å². The highest BCUT2D eigenvalue weighted by Crippen LogP contribution is 2.19. The van der Waals surface area contributed by atoms with E-state index in [0.717, 1.165) is 9.35 Å². The number of rotatable bonds is 4. The predicted molar refractivity (Wildman–Crippen MR) is 66.7 cm³/mol. The van der Waals surface area contributed by atoms with E-state index in [2.05, 4.69) is 21.2 Å². The number of carbonyl (C=O) groups excluding carboxylic acids is 1. The van der Waals surface area contributed by atoms with Crippen LogP contribution >= 0.6 is 27.3 Å². The maximum atomic E-state index is 11.4. The van der Waals surface area contributed by atoms with E-state index in [0.29, 0.717) is 13.0 Å². The van der Waals surface area contributed by atoms with E-state index in [9.17, 15) is 4.79 Å². The van der Waals surface area contributed by atoms with Crippen molar-refractivity contribution < 1.29 is 4.79 Å². The van der Waals surface area contributed by atoms with Crippen molar-refractivity contribution in [1.82, 2.24) is 5.32 Å². The zero-order chi connectivity index (χ0) is 11.5. The van der Waals surface area contributed by atoms with Gasteiger partial charge in [-0.3, -0.25) is 4.79 Å². The number of hydrogen-bond donors (Lipinski definition) is 2. The summed E-state index contributed by atoms with van der Waals surface area (Å²) in [6.45, 7) is 4.26. The molecule has 0 aliphatic rings. The molecule has 0 aliphatic carbocycles. The number of nitrogens with one attached hydrogen (secondary N) is 1. The Labute approximate surface area is 102 Å². The van der Waals surface area contributed by atoms with Crippen molar-refractivity contribution in [1.29, 1.82) is 0 Å². The van der Waals surface area contributed by atoms with Crippen LogP contribution in [0.5, 0.6) is 0 Å². The van der Waals surface area contributed by atoms with Crippen LogP contribution in [0.25, 0.3) is 0 Å². The summed E-state index contributed by atoms with van der Waals surface area (Å²) in [5, 5.41) is 4.83. The van der Waals surface area contributed by atoms with Gasteiger partial charge in [-0.2, -0.15) is 0 Å². The first-order chi connectivity index (χ1) is 6.87. The predicted octanol–water partition coefficient (Wildman–Crippen LogP) is 2.25. The average Bonchev–Trinajstić information content (AvgIpc) is 2.45. The first-order valence-electron chi connectivity index (χ1n) is 4.65. The highest BCUT2D eigenvalue weighted by Gasteiger charge is 2.15. The number of amides is 1. The molecule has 1 rings (SSSR count). The lowest BCUT2D eigenvalue weighted by molar-refractivity contribution is -0.122. The average molecular weight is 291 g/mol. The Kier molecular flexibility index (Phi) is 4.31.